The third kappa shape index (κ3) is 1.85. The van der Waals surface area contributed by atoms with Gasteiger partial charge < -0.3 is 20.1 Å². The van der Waals surface area contributed by atoms with Crippen LogP contribution < -0.4 is 4.74 Å². The van der Waals surface area contributed by atoms with Crippen LogP contribution in [0.2, 0.25) is 0 Å². The Morgan fingerprint density at radius 1 is 1.20 bits per heavy atom. The molecule has 0 radical (unpaired) electrons. The molecule has 2 heterocycles. The summed E-state index contributed by atoms with van der Waals surface area (Å²) < 4.78 is 6.57. The van der Waals surface area contributed by atoms with Crippen LogP contribution in [-0.2, 0) is 11.8 Å². The van der Waals surface area contributed by atoms with Crippen LogP contribution in [0.3, 0.4) is 0 Å². The Morgan fingerprint density at radius 2 is 2.00 bits per heavy atom. The Hall–Kier alpha value is -1.30. The van der Waals surface area contributed by atoms with Crippen LogP contribution in [0, 0.1) is 17.3 Å². The number of aliphatic hydroxyl groups is 2. The third-order valence-corrected chi connectivity index (χ3v) is 10.2. The number of aromatic hydroxyl groups is 1. The van der Waals surface area contributed by atoms with Crippen LogP contribution in [0.1, 0.15) is 63.5 Å². The van der Waals surface area contributed by atoms with E-state index in [1.807, 2.05) is 13.8 Å². The van der Waals surface area contributed by atoms with E-state index in [-0.39, 0.29) is 28.6 Å². The Balaban J connectivity index is 1.48. The van der Waals surface area contributed by atoms with Crippen molar-refractivity contribution in [2.45, 2.75) is 87.6 Å². The van der Waals surface area contributed by atoms with Crippen molar-refractivity contribution < 1.29 is 20.1 Å². The number of likely N-dealkylation sites (tertiary alicyclic amines) is 1. The van der Waals surface area contributed by atoms with Gasteiger partial charge in [0.2, 0.25) is 0 Å². The van der Waals surface area contributed by atoms with Crippen molar-refractivity contribution in [2.24, 2.45) is 17.3 Å². The molecular formula is C25H33NO4. The van der Waals surface area contributed by atoms with Gasteiger partial charge in [-0.1, -0.05) is 6.07 Å². The van der Waals surface area contributed by atoms with Crippen molar-refractivity contribution in [3.8, 4) is 11.5 Å². The summed E-state index contributed by atoms with van der Waals surface area (Å²) in [7, 11) is 0. The maximum atomic E-state index is 12.1. The molecule has 4 bridgehead atoms. The van der Waals surface area contributed by atoms with Gasteiger partial charge in [-0.25, -0.2) is 0 Å². The van der Waals surface area contributed by atoms with Gasteiger partial charge in [-0.2, -0.15) is 0 Å². The average molecular weight is 412 g/mol. The standard InChI is InChI=1S/C25H33NO4/c1-22(2,28)17-12-23-7-8-25(17,29)21-24(23)9-10-26(13-14-3-4-14)18(23)11-15-5-6-16(27)20(30-21)19(15)24/h5-6,14,17-18,21,27-29H,3-4,7-13H2,1-2H3/t17-,18-,21-,23-,24+,25+/m1/s1. The van der Waals surface area contributed by atoms with Gasteiger partial charge in [0.25, 0.3) is 0 Å². The zero-order chi connectivity index (χ0) is 20.7. The molecule has 0 amide bonds. The highest BCUT2D eigenvalue weighted by atomic mass is 16.5. The highest BCUT2D eigenvalue weighted by Gasteiger charge is 2.81. The number of benzene rings is 1. The minimum absolute atomic E-state index is 0.00794. The van der Waals surface area contributed by atoms with Crippen LogP contribution in [-0.4, -0.2) is 56.7 Å². The first kappa shape index (κ1) is 18.3. The molecule has 3 N–H and O–H groups in total. The van der Waals surface area contributed by atoms with Gasteiger partial charge in [0.1, 0.15) is 11.7 Å². The third-order valence-electron chi connectivity index (χ3n) is 10.2. The summed E-state index contributed by atoms with van der Waals surface area (Å²) in [6.07, 6.45) is 6.80. The number of hydrogen-bond acceptors (Lipinski definition) is 5. The van der Waals surface area contributed by atoms with Gasteiger partial charge in [-0.05, 0) is 82.9 Å². The second kappa shape index (κ2) is 5.19. The molecule has 0 aromatic heterocycles. The maximum Gasteiger partial charge on any atom is 0.165 e. The largest absolute Gasteiger partial charge is 0.504 e. The van der Waals surface area contributed by atoms with Gasteiger partial charge in [-0.15, -0.1) is 0 Å². The molecule has 1 aromatic rings. The summed E-state index contributed by atoms with van der Waals surface area (Å²) in [5.74, 6) is 1.44. The molecule has 4 saturated carbocycles. The molecule has 8 rings (SSSR count). The molecule has 5 aliphatic carbocycles. The lowest BCUT2D eigenvalue weighted by Gasteiger charge is -2.74. The summed E-state index contributed by atoms with van der Waals surface area (Å²) in [4.78, 5) is 2.75. The minimum atomic E-state index is -1.07. The minimum Gasteiger partial charge on any atom is -0.504 e. The lowest BCUT2D eigenvalue weighted by molar-refractivity contribution is -0.292. The predicted octanol–water partition coefficient (Wildman–Crippen LogP) is 2.73. The van der Waals surface area contributed by atoms with Gasteiger partial charge in [-0.3, -0.25) is 4.90 Å². The first-order valence-corrected chi connectivity index (χ1v) is 11.9. The predicted molar refractivity (Wildman–Crippen MR) is 112 cm³/mol. The lowest BCUT2D eigenvalue weighted by atomic mass is 9.34. The molecule has 162 valence electrons. The van der Waals surface area contributed by atoms with E-state index in [1.165, 1.54) is 30.5 Å². The van der Waals surface area contributed by atoms with Crippen LogP contribution in [0.15, 0.2) is 12.1 Å². The Kier molecular flexibility index (Phi) is 3.16. The van der Waals surface area contributed by atoms with Crippen LogP contribution >= 0.6 is 0 Å². The first-order chi connectivity index (χ1) is 14.2. The Labute approximate surface area is 178 Å². The fourth-order valence-corrected chi connectivity index (χ4v) is 8.91. The molecule has 2 spiro atoms. The van der Waals surface area contributed by atoms with Crippen molar-refractivity contribution in [1.82, 2.24) is 4.90 Å². The van der Waals surface area contributed by atoms with Crippen LogP contribution in [0.25, 0.3) is 0 Å². The molecular weight excluding hydrogens is 378 g/mol. The monoisotopic (exact) mass is 411 g/mol. The number of phenols is 1. The smallest absolute Gasteiger partial charge is 0.165 e. The normalized spacial score (nSPS) is 45.9. The number of phenolic OH excluding ortho intramolecular Hbond substituents is 1. The molecule has 1 aromatic carbocycles. The lowest BCUT2D eigenvalue weighted by Crippen LogP contribution is -2.82. The second-order valence-electron chi connectivity index (χ2n) is 11.9. The van der Waals surface area contributed by atoms with E-state index in [0.29, 0.717) is 18.2 Å². The molecule has 1 saturated heterocycles. The van der Waals surface area contributed by atoms with Crippen molar-refractivity contribution in [3.05, 3.63) is 23.3 Å². The van der Waals surface area contributed by atoms with E-state index in [9.17, 15) is 15.3 Å². The Morgan fingerprint density at radius 3 is 2.73 bits per heavy atom. The molecule has 5 nitrogen and oxygen atoms in total. The van der Waals surface area contributed by atoms with Crippen LogP contribution in [0.4, 0.5) is 0 Å². The van der Waals surface area contributed by atoms with Crippen molar-refractivity contribution in [1.29, 1.82) is 0 Å². The molecule has 5 heteroatoms. The number of piperidine rings is 1. The van der Waals surface area contributed by atoms with E-state index in [1.54, 1.807) is 6.07 Å². The number of hydrogen-bond donors (Lipinski definition) is 3. The molecule has 5 fully saturated rings. The van der Waals surface area contributed by atoms with Gasteiger partial charge in [0.05, 0.1) is 5.60 Å². The summed E-state index contributed by atoms with van der Waals surface area (Å²) in [5.41, 5.74) is 0.211. The SMILES string of the molecule is CC(C)(O)[C@H]1C[C@@]23CC[C@@]1(O)[C@@H]1Oc4c(O)ccc5c4[C@@]12CCN(CC1CC1)[C@@H]3C5. The molecule has 0 unspecified atom stereocenters. The zero-order valence-electron chi connectivity index (χ0n) is 18.0. The van der Waals surface area contributed by atoms with E-state index in [2.05, 4.69) is 11.0 Å². The fraction of sp³-hybridized carbons (Fsp3) is 0.760. The highest BCUT2D eigenvalue weighted by Crippen LogP contribution is 2.76. The number of nitrogens with zero attached hydrogens (tertiary/aromatic N) is 1. The summed E-state index contributed by atoms with van der Waals surface area (Å²) in [6.45, 7) is 5.93. The van der Waals surface area contributed by atoms with Gasteiger partial charge in [0.15, 0.2) is 11.5 Å². The Bertz CT molecular complexity index is 951. The van der Waals surface area contributed by atoms with E-state index < -0.39 is 11.2 Å². The quantitative estimate of drug-likeness (QED) is 0.713. The van der Waals surface area contributed by atoms with E-state index in [0.717, 1.165) is 38.1 Å². The van der Waals surface area contributed by atoms with Crippen molar-refractivity contribution >= 4 is 0 Å². The summed E-state index contributed by atoms with van der Waals surface area (Å²) >= 11 is 0. The van der Waals surface area contributed by atoms with Gasteiger partial charge >= 0.3 is 0 Å². The fourth-order valence-electron chi connectivity index (χ4n) is 8.91. The van der Waals surface area contributed by atoms with Gasteiger partial charge in [0, 0.05) is 34.9 Å². The van der Waals surface area contributed by atoms with E-state index in [4.69, 9.17) is 4.74 Å². The molecule has 6 atom stereocenters. The molecule has 2 aliphatic heterocycles. The number of fused-ring (bicyclic) bond motifs is 2. The van der Waals surface area contributed by atoms with Crippen molar-refractivity contribution in [3.63, 3.8) is 0 Å². The summed E-state index contributed by atoms with van der Waals surface area (Å²) in [5, 5.41) is 34.0. The second-order valence-corrected chi connectivity index (χ2v) is 11.9. The number of rotatable bonds is 3. The number of ether oxygens (including phenoxy) is 1. The maximum absolute atomic E-state index is 12.1. The first-order valence-electron chi connectivity index (χ1n) is 11.9. The average Bonchev–Trinajstić information content (AvgIpc) is 3.42. The molecule has 30 heavy (non-hydrogen) atoms. The zero-order valence-corrected chi connectivity index (χ0v) is 18.0. The van der Waals surface area contributed by atoms with Crippen molar-refractivity contribution in [2.75, 3.05) is 13.1 Å². The molecule has 7 aliphatic rings. The van der Waals surface area contributed by atoms with Crippen LogP contribution in [0.5, 0.6) is 11.5 Å². The highest BCUT2D eigenvalue weighted by molar-refractivity contribution is 5.63. The van der Waals surface area contributed by atoms with E-state index >= 15 is 0 Å². The summed E-state index contributed by atoms with van der Waals surface area (Å²) in [6, 6.07) is 4.30. The topological polar surface area (TPSA) is 73.2 Å².